The number of carbonyl (C=O) groups excluding carboxylic acids is 1. The predicted octanol–water partition coefficient (Wildman–Crippen LogP) is 3.90. The van der Waals surface area contributed by atoms with Crippen molar-refractivity contribution in [3.8, 4) is 0 Å². The summed E-state index contributed by atoms with van der Waals surface area (Å²) in [6, 6.07) is 7.59. The monoisotopic (exact) mass is 303 g/mol. The van der Waals surface area contributed by atoms with Crippen LogP contribution in [0.1, 0.15) is 28.4 Å². The zero-order valence-electron chi connectivity index (χ0n) is 12.3. The van der Waals surface area contributed by atoms with Crippen molar-refractivity contribution in [2.45, 2.75) is 20.3 Å². The molecule has 1 aromatic carbocycles. The average Bonchev–Trinajstić information content (AvgIpc) is 2.49. The highest BCUT2D eigenvalue weighted by atomic mass is 35.5. The molecule has 4 nitrogen and oxygen atoms in total. The Hall–Kier alpha value is -2.07. The van der Waals surface area contributed by atoms with E-state index in [-0.39, 0.29) is 5.91 Å². The zero-order chi connectivity index (χ0) is 15.4. The molecule has 0 fully saturated rings. The Kier molecular flexibility index (Phi) is 4.81. The molecule has 21 heavy (non-hydrogen) atoms. The first-order valence-electron chi connectivity index (χ1n) is 6.80. The highest BCUT2D eigenvalue weighted by Crippen LogP contribution is 2.23. The molecule has 5 heteroatoms. The lowest BCUT2D eigenvalue weighted by Crippen LogP contribution is -2.15. The predicted molar refractivity (Wildman–Crippen MR) is 87.3 cm³/mol. The lowest BCUT2D eigenvalue weighted by molar-refractivity contribution is 0.102. The number of hydrogen-bond acceptors (Lipinski definition) is 3. The number of anilines is 2. The van der Waals surface area contributed by atoms with Crippen molar-refractivity contribution in [1.29, 1.82) is 0 Å². The van der Waals surface area contributed by atoms with Gasteiger partial charge in [-0.05, 0) is 30.5 Å². The number of benzene rings is 1. The van der Waals surface area contributed by atoms with Crippen molar-refractivity contribution in [3.63, 3.8) is 0 Å². The van der Waals surface area contributed by atoms with Gasteiger partial charge in [0.25, 0.3) is 5.91 Å². The molecule has 0 aliphatic carbocycles. The number of carbonyl (C=O) groups is 1. The van der Waals surface area contributed by atoms with E-state index in [1.54, 1.807) is 13.1 Å². The Morgan fingerprint density at radius 2 is 2.14 bits per heavy atom. The molecule has 0 spiro atoms. The maximum atomic E-state index is 12.4. The Bertz CT molecular complexity index is 671. The van der Waals surface area contributed by atoms with Crippen LogP contribution in [0.5, 0.6) is 0 Å². The van der Waals surface area contributed by atoms with Gasteiger partial charge in [-0.15, -0.1) is 0 Å². The van der Waals surface area contributed by atoms with Crippen LogP contribution in [0, 0.1) is 6.92 Å². The van der Waals surface area contributed by atoms with Crippen LogP contribution in [0.2, 0.25) is 5.02 Å². The molecule has 0 aliphatic rings. The average molecular weight is 304 g/mol. The third kappa shape index (κ3) is 3.34. The molecule has 0 bridgehead atoms. The number of hydrogen-bond donors (Lipinski definition) is 2. The van der Waals surface area contributed by atoms with Gasteiger partial charge in [0.05, 0.1) is 10.6 Å². The number of aromatic nitrogens is 1. The van der Waals surface area contributed by atoms with Gasteiger partial charge in [-0.1, -0.05) is 36.7 Å². The van der Waals surface area contributed by atoms with Crippen molar-refractivity contribution >= 4 is 29.0 Å². The molecule has 0 saturated carbocycles. The van der Waals surface area contributed by atoms with Gasteiger partial charge in [0.2, 0.25) is 0 Å². The summed E-state index contributed by atoms with van der Waals surface area (Å²) < 4.78 is 0. The molecule has 1 heterocycles. The quantitative estimate of drug-likeness (QED) is 0.900. The summed E-state index contributed by atoms with van der Waals surface area (Å²) in [4.78, 5) is 16.5. The molecule has 2 rings (SSSR count). The Morgan fingerprint density at radius 1 is 1.38 bits per heavy atom. The Morgan fingerprint density at radius 3 is 2.76 bits per heavy atom. The van der Waals surface area contributed by atoms with Crippen LogP contribution in [0.25, 0.3) is 0 Å². The van der Waals surface area contributed by atoms with E-state index in [4.69, 9.17) is 11.6 Å². The van der Waals surface area contributed by atoms with Crippen molar-refractivity contribution in [2.75, 3.05) is 17.7 Å². The number of amides is 1. The molecule has 0 unspecified atom stereocenters. The first kappa shape index (κ1) is 15.3. The summed E-state index contributed by atoms with van der Waals surface area (Å²) in [5, 5.41) is 6.24. The van der Waals surface area contributed by atoms with Crippen LogP contribution in [0.4, 0.5) is 11.5 Å². The Balaban J connectivity index is 2.28. The summed E-state index contributed by atoms with van der Waals surface area (Å²) in [6.45, 7) is 4.04. The topological polar surface area (TPSA) is 54.0 Å². The van der Waals surface area contributed by atoms with E-state index in [2.05, 4.69) is 22.5 Å². The van der Waals surface area contributed by atoms with E-state index >= 15 is 0 Å². The molecule has 1 aromatic heterocycles. The van der Waals surface area contributed by atoms with Gasteiger partial charge in [0, 0.05) is 18.9 Å². The fourth-order valence-electron chi connectivity index (χ4n) is 2.13. The van der Waals surface area contributed by atoms with Gasteiger partial charge < -0.3 is 10.6 Å². The molecule has 0 atom stereocenters. The first-order valence-corrected chi connectivity index (χ1v) is 7.17. The third-order valence-electron chi connectivity index (χ3n) is 3.32. The smallest absolute Gasteiger partial charge is 0.257 e. The number of halogens is 1. The maximum absolute atomic E-state index is 12.4. The standard InChI is InChI=1S/C16H18ClN3O/c1-4-11-7-5-6-10(2)14(11)20-16(21)12-8-13(17)15(18-3)19-9-12/h5-9H,4H2,1-3H3,(H,18,19)(H,20,21). The molecule has 1 amide bonds. The Labute approximate surface area is 129 Å². The van der Waals surface area contributed by atoms with E-state index in [1.807, 2.05) is 25.1 Å². The fourth-order valence-corrected chi connectivity index (χ4v) is 2.39. The highest BCUT2D eigenvalue weighted by molar-refractivity contribution is 6.33. The van der Waals surface area contributed by atoms with Crippen molar-refractivity contribution < 1.29 is 4.79 Å². The minimum Gasteiger partial charge on any atom is -0.372 e. The number of pyridine rings is 1. The largest absolute Gasteiger partial charge is 0.372 e. The van der Waals surface area contributed by atoms with Crippen LogP contribution >= 0.6 is 11.6 Å². The van der Waals surface area contributed by atoms with Gasteiger partial charge in [-0.3, -0.25) is 4.79 Å². The van der Waals surface area contributed by atoms with Crippen molar-refractivity contribution in [3.05, 3.63) is 52.2 Å². The van der Waals surface area contributed by atoms with E-state index in [9.17, 15) is 4.79 Å². The lowest BCUT2D eigenvalue weighted by Gasteiger charge is -2.13. The summed E-state index contributed by atoms with van der Waals surface area (Å²) in [6.07, 6.45) is 2.37. The second kappa shape index (κ2) is 6.59. The molecule has 0 radical (unpaired) electrons. The number of rotatable bonds is 4. The van der Waals surface area contributed by atoms with Crippen LogP contribution in [-0.4, -0.2) is 17.9 Å². The molecular formula is C16H18ClN3O. The molecule has 110 valence electrons. The lowest BCUT2D eigenvalue weighted by atomic mass is 10.1. The van der Waals surface area contributed by atoms with Crippen molar-refractivity contribution in [2.24, 2.45) is 0 Å². The molecular weight excluding hydrogens is 286 g/mol. The molecule has 2 aromatic rings. The maximum Gasteiger partial charge on any atom is 0.257 e. The number of nitrogens with zero attached hydrogens (tertiary/aromatic N) is 1. The fraction of sp³-hybridized carbons (Fsp3) is 0.250. The van der Waals surface area contributed by atoms with Gasteiger partial charge in [0.15, 0.2) is 0 Å². The van der Waals surface area contributed by atoms with E-state index in [0.717, 1.165) is 23.2 Å². The van der Waals surface area contributed by atoms with Crippen molar-refractivity contribution in [1.82, 2.24) is 4.98 Å². The normalized spacial score (nSPS) is 10.3. The second-order valence-electron chi connectivity index (χ2n) is 4.72. The van der Waals surface area contributed by atoms with Gasteiger partial charge in [-0.2, -0.15) is 0 Å². The minimum absolute atomic E-state index is 0.212. The molecule has 0 aliphatic heterocycles. The third-order valence-corrected chi connectivity index (χ3v) is 3.61. The number of nitrogens with one attached hydrogen (secondary N) is 2. The second-order valence-corrected chi connectivity index (χ2v) is 5.13. The van der Waals surface area contributed by atoms with Crippen LogP contribution in [-0.2, 0) is 6.42 Å². The SMILES string of the molecule is CCc1cccc(C)c1NC(=O)c1cnc(NC)c(Cl)c1. The number of aryl methyl sites for hydroxylation is 2. The van der Waals surface area contributed by atoms with Crippen LogP contribution < -0.4 is 10.6 Å². The summed E-state index contributed by atoms with van der Waals surface area (Å²) >= 11 is 6.06. The zero-order valence-corrected chi connectivity index (χ0v) is 13.1. The van der Waals surface area contributed by atoms with Gasteiger partial charge >= 0.3 is 0 Å². The summed E-state index contributed by atoms with van der Waals surface area (Å²) in [5.74, 6) is 0.342. The van der Waals surface area contributed by atoms with Crippen LogP contribution in [0.3, 0.4) is 0 Å². The summed E-state index contributed by atoms with van der Waals surface area (Å²) in [5.41, 5.74) is 3.44. The van der Waals surface area contributed by atoms with E-state index in [0.29, 0.717) is 16.4 Å². The summed E-state index contributed by atoms with van der Waals surface area (Å²) in [7, 11) is 1.73. The highest BCUT2D eigenvalue weighted by Gasteiger charge is 2.12. The van der Waals surface area contributed by atoms with Gasteiger partial charge in [0.1, 0.15) is 5.82 Å². The molecule has 0 saturated heterocycles. The van der Waals surface area contributed by atoms with Crippen LogP contribution in [0.15, 0.2) is 30.5 Å². The minimum atomic E-state index is -0.212. The van der Waals surface area contributed by atoms with Gasteiger partial charge in [-0.25, -0.2) is 4.98 Å². The van der Waals surface area contributed by atoms with E-state index < -0.39 is 0 Å². The first-order chi connectivity index (χ1) is 10.1. The molecule has 2 N–H and O–H groups in total. The number of para-hydroxylation sites is 1. The van der Waals surface area contributed by atoms with E-state index in [1.165, 1.54) is 6.20 Å².